The maximum atomic E-state index is 12.9. The highest BCUT2D eigenvalue weighted by atomic mass is 16.5. The summed E-state index contributed by atoms with van der Waals surface area (Å²) in [7, 11) is 3.04. The summed E-state index contributed by atoms with van der Waals surface area (Å²) in [5, 5.41) is 0. The average Bonchev–Trinajstić information content (AvgIpc) is 2.94. The maximum Gasteiger partial charge on any atom is 0.332 e. The number of aryl methyl sites for hydroxylation is 1. The van der Waals surface area contributed by atoms with Crippen LogP contribution in [0.4, 0.5) is 0 Å². The summed E-state index contributed by atoms with van der Waals surface area (Å²) in [6, 6.07) is 0. The smallest absolute Gasteiger partial charge is 0.332 e. The van der Waals surface area contributed by atoms with Crippen LogP contribution in [0.3, 0.4) is 0 Å². The first kappa shape index (κ1) is 21.4. The SMILES string of the molecule is CC1CN(Cc2nc3c(c(=O)n(C)c(=O)n3C)n2CC(=O)C(C)(C)C)CC(C)O1. The minimum Gasteiger partial charge on any atom is -0.373 e. The van der Waals surface area contributed by atoms with Crippen molar-refractivity contribution in [2.24, 2.45) is 19.5 Å². The summed E-state index contributed by atoms with van der Waals surface area (Å²) >= 11 is 0. The third kappa shape index (κ3) is 4.06. The van der Waals surface area contributed by atoms with Gasteiger partial charge in [-0.2, -0.15) is 0 Å². The highest BCUT2D eigenvalue weighted by Crippen LogP contribution is 2.21. The predicted octanol–water partition coefficient (Wildman–Crippen LogP) is 0.658. The van der Waals surface area contributed by atoms with E-state index < -0.39 is 16.7 Å². The Labute approximate surface area is 169 Å². The number of hydrogen-bond donors (Lipinski definition) is 0. The monoisotopic (exact) mass is 405 g/mol. The van der Waals surface area contributed by atoms with Crippen LogP contribution in [0.2, 0.25) is 0 Å². The highest BCUT2D eigenvalue weighted by molar-refractivity contribution is 5.85. The molecule has 1 fully saturated rings. The van der Waals surface area contributed by atoms with Crippen LogP contribution >= 0.6 is 0 Å². The summed E-state index contributed by atoms with van der Waals surface area (Å²) in [5.41, 5.74) is -0.829. The molecular weight excluding hydrogens is 374 g/mol. The molecule has 1 aliphatic rings. The van der Waals surface area contributed by atoms with E-state index in [1.165, 1.54) is 11.6 Å². The first-order valence-corrected chi connectivity index (χ1v) is 9.96. The van der Waals surface area contributed by atoms with Crippen molar-refractivity contribution >= 4 is 16.9 Å². The number of carbonyl (C=O) groups excluding carboxylic acids is 1. The fraction of sp³-hybridized carbons (Fsp3) is 0.700. The van der Waals surface area contributed by atoms with E-state index in [4.69, 9.17) is 4.74 Å². The minimum atomic E-state index is -0.554. The lowest BCUT2D eigenvalue weighted by Crippen LogP contribution is -2.45. The van der Waals surface area contributed by atoms with Crippen molar-refractivity contribution in [3.63, 3.8) is 0 Å². The molecule has 0 aromatic carbocycles. The second-order valence-corrected chi connectivity index (χ2v) is 9.12. The van der Waals surface area contributed by atoms with Crippen molar-refractivity contribution < 1.29 is 9.53 Å². The highest BCUT2D eigenvalue weighted by Gasteiger charge is 2.28. The zero-order valence-corrected chi connectivity index (χ0v) is 18.4. The van der Waals surface area contributed by atoms with Gasteiger partial charge in [0.2, 0.25) is 0 Å². The third-order valence-corrected chi connectivity index (χ3v) is 5.43. The average molecular weight is 405 g/mol. The number of aromatic nitrogens is 4. The van der Waals surface area contributed by atoms with E-state index in [-0.39, 0.29) is 30.1 Å². The minimum absolute atomic E-state index is 0.00216. The number of nitrogens with zero attached hydrogens (tertiary/aromatic N) is 5. The summed E-state index contributed by atoms with van der Waals surface area (Å²) in [4.78, 5) is 44.9. The lowest BCUT2D eigenvalue weighted by atomic mass is 9.91. The molecule has 2 aromatic heterocycles. The molecule has 2 unspecified atom stereocenters. The number of Topliss-reactive ketones (excluding diaryl/α,β-unsaturated/α-hetero) is 1. The fourth-order valence-corrected chi connectivity index (χ4v) is 3.78. The molecule has 29 heavy (non-hydrogen) atoms. The normalized spacial score (nSPS) is 21.1. The molecule has 2 atom stereocenters. The van der Waals surface area contributed by atoms with Crippen LogP contribution in [0.1, 0.15) is 40.4 Å². The summed E-state index contributed by atoms with van der Waals surface area (Å²) in [5.74, 6) is 0.606. The van der Waals surface area contributed by atoms with Crippen molar-refractivity contribution in [1.29, 1.82) is 0 Å². The number of rotatable bonds is 4. The molecule has 3 heterocycles. The number of imidazole rings is 1. The number of morpholine rings is 1. The van der Waals surface area contributed by atoms with Gasteiger partial charge in [-0.15, -0.1) is 0 Å². The Kier molecular flexibility index (Phi) is 5.57. The molecule has 9 nitrogen and oxygen atoms in total. The van der Waals surface area contributed by atoms with Gasteiger partial charge in [-0.25, -0.2) is 9.78 Å². The van der Waals surface area contributed by atoms with Crippen LogP contribution < -0.4 is 11.2 Å². The van der Waals surface area contributed by atoms with Crippen LogP contribution in [0.25, 0.3) is 11.2 Å². The maximum absolute atomic E-state index is 12.9. The molecule has 0 spiro atoms. The molecule has 160 valence electrons. The van der Waals surface area contributed by atoms with Gasteiger partial charge in [0.1, 0.15) is 5.82 Å². The van der Waals surface area contributed by atoms with Crippen LogP contribution in [0.5, 0.6) is 0 Å². The molecule has 0 saturated carbocycles. The van der Waals surface area contributed by atoms with Gasteiger partial charge in [-0.3, -0.25) is 23.6 Å². The lowest BCUT2D eigenvalue weighted by molar-refractivity contribution is -0.126. The Balaban J connectivity index is 2.15. The van der Waals surface area contributed by atoms with Gasteiger partial charge in [-0.1, -0.05) is 20.8 Å². The van der Waals surface area contributed by atoms with Gasteiger partial charge in [-0.05, 0) is 13.8 Å². The van der Waals surface area contributed by atoms with Crippen molar-refractivity contribution in [3.8, 4) is 0 Å². The molecule has 0 amide bonds. The molecule has 0 bridgehead atoms. The zero-order valence-electron chi connectivity index (χ0n) is 18.4. The standard InChI is InChI=1S/C20H31N5O4/c1-12-8-24(9-13(2)29-12)11-15-21-17-16(18(27)23(7)19(28)22(17)6)25(15)10-14(26)20(3,4)5/h12-13H,8-11H2,1-7H3. The van der Waals surface area contributed by atoms with Gasteiger partial charge in [0.25, 0.3) is 5.56 Å². The second kappa shape index (κ2) is 7.53. The summed E-state index contributed by atoms with van der Waals surface area (Å²) in [6.45, 7) is 11.6. The molecular formula is C20H31N5O4. The zero-order chi connectivity index (χ0) is 21.7. The van der Waals surface area contributed by atoms with E-state index in [9.17, 15) is 14.4 Å². The van der Waals surface area contributed by atoms with Crippen LogP contribution in [-0.4, -0.2) is 54.7 Å². The number of carbonyl (C=O) groups is 1. The van der Waals surface area contributed by atoms with Gasteiger partial charge < -0.3 is 9.30 Å². The van der Waals surface area contributed by atoms with E-state index in [0.717, 1.165) is 17.7 Å². The Morgan fingerprint density at radius 1 is 1.10 bits per heavy atom. The lowest BCUT2D eigenvalue weighted by Gasteiger charge is -2.35. The molecule has 0 radical (unpaired) electrons. The first-order valence-electron chi connectivity index (χ1n) is 9.96. The molecule has 0 aliphatic carbocycles. The van der Waals surface area contributed by atoms with Gasteiger partial charge in [0.15, 0.2) is 16.9 Å². The van der Waals surface area contributed by atoms with Crippen LogP contribution in [0, 0.1) is 5.41 Å². The molecule has 2 aromatic rings. The van der Waals surface area contributed by atoms with Crippen LogP contribution in [0.15, 0.2) is 9.59 Å². The number of ketones is 1. The summed E-state index contributed by atoms with van der Waals surface area (Å²) in [6.07, 6.45) is 0.176. The molecule has 1 saturated heterocycles. The fourth-order valence-electron chi connectivity index (χ4n) is 3.78. The molecule has 0 N–H and O–H groups in total. The van der Waals surface area contributed by atoms with Crippen molar-refractivity contribution in [1.82, 2.24) is 23.6 Å². The van der Waals surface area contributed by atoms with Crippen molar-refractivity contribution in [2.45, 2.75) is 59.9 Å². The Bertz CT molecular complexity index is 1050. The van der Waals surface area contributed by atoms with Gasteiger partial charge in [0, 0.05) is 32.6 Å². The number of hydrogen-bond acceptors (Lipinski definition) is 6. The topological polar surface area (TPSA) is 91.4 Å². The van der Waals surface area contributed by atoms with E-state index >= 15 is 0 Å². The molecule has 9 heteroatoms. The molecule has 1 aliphatic heterocycles. The Morgan fingerprint density at radius 3 is 2.24 bits per heavy atom. The quantitative estimate of drug-likeness (QED) is 0.742. The number of ether oxygens (including phenoxy) is 1. The van der Waals surface area contributed by atoms with Crippen LogP contribution in [-0.2, 0) is 36.7 Å². The number of fused-ring (bicyclic) bond motifs is 1. The third-order valence-electron chi connectivity index (χ3n) is 5.43. The van der Waals surface area contributed by atoms with Crippen molar-refractivity contribution in [3.05, 3.63) is 26.7 Å². The summed E-state index contributed by atoms with van der Waals surface area (Å²) < 4.78 is 9.91. The van der Waals surface area contributed by atoms with Gasteiger partial charge >= 0.3 is 5.69 Å². The van der Waals surface area contributed by atoms with E-state index in [1.807, 2.05) is 34.6 Å². The van der Waals surface area contributed by atoms with Gasteiger partial charge in [0.05, 0.1) is 25.3 Å². The van der Waals surface area contributed by atoms with E-state index in [2.05, 4.69) is 9.88 Å². The Morgan fingerprint density at radius 2 is 1.69 bits per heavy atom. The second-order valence-electron chi connectivity index (χ2n) is 9.12. The van der Waals surface area contributed by atoms with Crippen molar-refractivity contribution in [2.75, 3.05) is 13.1 Å². The largest absolute Gasteiger partial charge is 0.373 e. The Hall–Kier alpha value is -2.26. The predicted molar refractivity (Wildman–Crippen MR) is 110 cm³/mol. The first-order chi connectivity index (χ1) is 13.4. The molecule has 3 rings (SSSR count). The van der Waals surface area contributed by atoms with E-state index in [1.54, 1.807) is 11.6 Å². The van der Waals surface area contributed by atoms with E-state index in [0.29, 0.717) is 18.0 Å².